The first-order valence-electron chi connectivity index (χ1n) is 9.94. The Morgan fingerprint density at radius 1 is 1.14 bits per heavy atom. The van der Waals surface area contributed by atoms with Crippen molar-refractivity contribution in [1.29, 1.82) is 0 Å². The fourth-order valence-electron chi connectivity index (χ4n) is 3.58. The van der Waals surface area contributed by atoms with E-state index in [1.807, 2.05) is 37.5 Å². The first kappa shape index (κ1) is 19.2. The van der Waals surface area contributed by atoms with E-state index in [1.165, 1.54) is 0 Å². The number of nitrogens with zero attached hydrogens (tertiary/aromatic N) is 6. The van der Waals surface area contributed by atoms with E-state index in [1.54, 1.807) is 21.8 Å². The van der Waals surface area contributed by atoms with Crippen molar-refractivity contribution >= 4 is 17.3 Å². The van der Waals surface area contributed by atoms with Crippen LogP contribution in [-0.2, 0) is 7.05 Å². The standard InChI is InChI=1S/C21H27N7O/c1-16(2)26-9-11-27(12-10-26)18-6-4-5-17(13-18)23-21(29)19-14-28(15-22-19)20-7-8-25(3)24-20/h4-8,13-16H,9-12H2,1-3H3,(H,23,29). The normalized spacial score (nSPS) is 15.1. The fourth-order valence-corrected chi connectivity index (χ4v) is 3.58. The molecule has 0 unspecified atom stereocenters. The summed E-state index contributed by atoms with van der Waals surface area (Å²) in [6.07, 6.45) is 5.14. The van der Waals surface area contributed by atoms with E-state index in [2.05, 4.69) is 45.1 Å². The molecule has 1 saturated heterocycles. The molecule has 1 amide bonds. The predicted molar refractivity (Wildman–Crippen MR) is 114 cm³/mol. The second-order valence-corrected chi connectivity index (χ2v) is 7.64. The van der Waals surface area contributed by atoms with Crippen molar-refractivity contribution in [1.82, 2.24) is 24.2 Å². The van der Waals surface area contributed by atoms with Gasteiger partial charge in [-0.1, -0.05) is 6.07 Å². The van der Waals surface area contributed by atoms with Crippen LogP contribution < -0.4 is 10.2 Å². The number of hydrogen-bond acceptors (Lipinski definition) is 5. The summed E-state index contributed by atoms with van der Waals surface area (Å²) in [5.41, 5.74) is 2.25. The molecule has 0 aliphatic carbocycles. The molecule has 1 fully saturated rings. The number of carbonyl (C=O) groups excluding carboxylic acids is 1. The number of piperazine rings is 1. The summed E-state index contributed by atoms with van der Waals surface area (Å²) in [7, 11) is 1.85. The van der Waals surface area contributed by atoms with E-state index >= 15 is 0 Å². The van der Waals surface area contributed by atoms with Gasteiger partial charge in [-0.2, -0.15) is 5.10 Å². The van der Waals surface area contributed by atoms with Gasteiger partial charge in [-0.3, -0.25) is 18.9 Å². The molecule has 0 atom stereocenters. The van der Waals surface area contributed by atoms with Crippen molar-refractivity contribution in [3.8, 4) is 5.82 Å². The molecule has 0 radical (unpaired) electrons. The van der Waals surface area contributed by atoms with E-state index in [0.717, 1.165) is 43.4 Å². The van der Waals surface area contributed by atoms with Crippen molar-refractivity contribution in [3.63, 3.8) is 0 Å². The highest BCUT2D eigenvalue weighted by molar-refractivity contribution is 6.03. The van der Waals surface area contributed by atoms with Gasteiger partial charge in [0.2, 0.25) is 0 Å². The summed E-state index contributed by atoms with van der Waals surface area (Å²) in [5, 5.41) is 7.27. The van der Waals surface area contributed by atoms with Gasteiger partial charge in [0.25, 0.3) is 5.91 Å². The summed E-state index contributed by atoms with van der Waals surface area (Å²) in [4.78, 5) is 21.7. The van der Waals surface area contributed by atoms with Crippen molar-refractivity contribution in [2.45, 2.75) is 19.9 Å². The lowest BCUT2D eigenvalue weighted by atomic mass is 10.2. The van der Waals surface area contributed by atoms with Gasteiger partial charge in [-0.25, -0.2) is 4.98 Å². The highest BCUT2D eigenvalue weighted by atomic mass is 16.1. The summed E-state index contributed by atoms with van der Waals surface area (Å²) in [6.45, 7) is 8.56. The van der Waals surface area contributed by atoms with E-state index in [4.69, 9.17) is 0 Å². The highest BCUT2D eigenvalue weighted by Crippen LogP contribution is 2.22. The van der Waals surface area contributed by atoms with Crippen LogP contribution in [0.1, 0.15) is 24.3 Å². The molecule has 8 heteroatoms. The van der Waals surface area contributed by atoms with Crippen molar-refractivity contribution < 1.29 is 4.79 Å². The Hall–Kier alpha value is -3.13. The summed E-state index contributed by atoms with van der Waals surface area (Å²) in [5.74, 6) is 0.489. The maximum Gasteiger partial charge on any atom is 0.275 e. The van der Waals surface area contributed by atoms with E-state index < -0.39 is 0 Å². The Morgan fingerprint density at radius 2 is 1.93 bits per heavy atom. The lowest BCUT2D eigenvalue weighted by molar-refractivity contribution is 0.102. The van der Waals surface area contributed by atoms with Gasteiger partial charge in [0, 0.05) is 69.1 Å². The van der Waals surface area contributed by atoms with Crippen LogP contribution in [0.3, 0.4) is 0 Å². The Kier molecular flexibility index (Phi) is 5.35. The number of rotatable bonds is 5. The number of aryl methyl sites for hydroxylation is 1. The minimum Gasteiger partial charge on any atom is -0.369 e. The Morgan fingerprint density at radius 3 is 2.62 bits per heavy atom. The van der Waals surface area contributed by atoms with Gasteiger partial charge < -0.3 is 10.2 Å². The Labute approximate surface area is 170 Å². The molecule has 0 saturated carbocycles. The third-order valence-electron chi connectivity index (χ3n) is 5.29. The van der Waals surface area contributed by atoms with E-state index in [9.17, 15) is 4.79 Å². The zero-order chi connectivity index (χ0) is 20.4. The Bertz CT molecular complexity index is 982. The molecule has 0 bridgehead atoms. The van der Waals surface area contributed by atoms with E-state index in [0.29, 0.717) is 11.7 Å². The maximum absolute atomic E-state index is 12.6. The van der Waals surface area contributed by atoms with Gasteiger partial charge in [0.15, 0.2) is 5.82 Å². The average Bonchev–Trinajstić information content (AvgIpc) is 3.37. The second kappa shape index (κ2) is 8.08. The number of anilines is 2. The first-order chi connectivity index (χ1) is 14.0. The number of imidazole rings is 1. The molecule has 8 nitrogen and oxygen atoms in total. The predicted octanol–water partition coefficient (Wildman–Crippen LogP) is 2.39. The Balaban J connectivity index is 1.42. The molecule has 1 aromatic carbocycles. The zero-order valence-electron chi connectivity index (χ0n) is 17.1. The fraction of sp³-hybridized carbons (Fsp3) is 0.381. The van der Waals surface area contributed by atoms with Crippen molar-refractivity contribution in [2.24, 2.45) is 7.05 Å². The zero-order valence-corrected chi connectivity index (χ0v) is 17.1. The van der Waals surface area contributed by atoms with Crippen LogP contribution in [0.25, 0.3) is 5.82 Å². The molecule has 3 aromatic rings. The lowest BCUT2D eigenvalue weighted by Crippen LogP contribution is -2.48. The minimum absolute atomic E-state index is 0.235. The van der Waals surface area contributed by atoms with Gasteiger partial charge >= 0.3 is 0 Å². The SMILES string of the molecule is CC(C)N1CCN(c2cccc(NC(=O)c3cn(-c4ccn(C)n4)cn3)c2)CC1. The van der Waals surface area contributed by atoms with Crippen LogP contribution >= 0.6 is 0 Å². The van der Waals surface area contributed by atoms with Crippen LogP contribution in [0.4, 0.5) is 11.4 Å². The molecule has 1 aliphatic rings. The van der Waals surface area contributed by atoms with Gasteiger partial charge in [0.05, 0.1) is 0 Å². The highest BCUT2D eigenvalue weighted by Gasteiger charge is 2.19. The summed E-state index contributed by atoms with van der Waals surface area (Å²) in [6, 6.07) is 10.4. The number of aromatic nitrogens is 4. The van der Waals surface area contributed by atoms with Crippen LogP contribution in [-0.4, -0.2) is 62.4 Å². The van der Waals surface area contributed by atoms with E-state index in [-0.39, 0.29) is 5.91 Å². The molecule has 29 heavy (non-hydrogen) atoms. The quantitative estimate of drug-likeness (QED) is 0.721. The molecule has 0 spiro atoms. The van der Waals surface area contributed by atoms with Gasteiger partial charge in [0.1, 0.15) is 12.0 Å². The minimum atomic E-state index is -0.235. The monoisotopic (exact) mass is 393 g/mol. The molecular weight excluding hydrogens is 366 g/mol. The van der Waals surface area contributed by atoms with Crippen LogP contribution in [0.2, 0.25) is 0 Å². The molecular formula is C21H27N7O. The number of nitrogens with one attached hydrogen (secondary N) is 1. The topological polar surface area (TPSA) is 71.2 Å². The van der Waals surface area contributed by atoms with Crippen molar-refractivity contribution in [3.05, 3.63) is 54.7 Å². The number of carbonyl (C=O) groups is 1. The smallest absolute Gasteiger partial charge is 0.275 e. The molecule has 152 valence electrons. The number of benzene rings is 1. The van der Waals surface area contributed by atoms with Gasteiger partial charge in [-0.05, 0) is 32.0 Å². The lowest BCUT2D eigenvalue weighted by Gasteiger charge is -2.38. The third kappa shape index (κ3) is 4.32. The van der Waals surface area contributed by atoms with Gasteiger partial charge in [-0.15, -0.1) is 0 Å². The second-order valence-electron chi connectivity index (χ2n) is 7.64. The number of amides is 1. The maximum atomic E-state index is 12.6. The van der Waals surface area contributed by atoms with Crippen LogP contribution in [0, 0.1) is 0 Å². The average molecular weight is 393 g/mol. The molecule has 1 aliphatic heterocycles. The molecule has 3 heterocycles. The number of hydrogen-bond donors (Lipinski definition) is 1. The molecule has 2 aromatic heterocycles. The largest absolute Gasteiger partial charge is 0.369 e. The molecule has 1 N–H and O–H groups in total. The summed E-state index contributed by atoms with van der Waals surface area (Å²) < 4.78 is 3.45. The first-order valence-corrected chi connectivity index (χ1v) is 9.94. The molecule has 4 rings (SSSR count). The van der Waals surface area contributed by atoms with Crippen LogP contribution in [0.15, 0.2) is 49.1 Å². The van der Waals surface area contributed by atoms with Crippen molar-refractivity contribution in [2.75, 3.05) is 36.4 Å². The third-order valence-corrected chi connectivity index (χ3v) is 5.29. The summed E-state index contributed by atoms with van der Waals surface area (Å²) >= 11 is 0. The van der Waals surface area contributed by atoms with Crippen LogP contribution in [0.5, 0.6) is 0 Å².